The second-order valence-corrected chi connectivity index (χ2v) is 4.70. The van der Waals surface area contributed by atoms with Crippen LogP contribution in [0.25, 0.3) is 0 Å². The van der Waals surface area contributed by atoms with Crippen molar-refractivity contribution in [2.45, 2.75) is 6.54 Å². The van der Waals surface area contributed by atoms with E-state index >= 15 is 0 Å². The second-order valence-electron chi connectivity index (χ2n) is 4.70. The van der Waals surface area contributed by atoms with Crippen LogP contribution in [0.2, 0.25) is 0 Å². The number of carbonyl (C=O) groups excluding carboxylic acids is 1. The first-order chi connectivity index (χ1) is 9.74. The minimum Gasteiger partial charge on any atom is -0.491 e. The fourth-order valence-corrected chi connectivity index (χ4v) is 2.27. The molecule has 20 heavy (non-hydrogen) atoms. The minimum absolute atomic E-state index is 0.0533. The smallest absolute Gasteiger partial charge is 0.258 e. The van der Waals surface area contributed by atoms with Gasteiger partial charge in [-0.3, -0.25) is 4.79 Å². The molecule has 0 saturated heterocycles. The Hall–Kier alpha value is -2.36. The highest BCUT2D eigenvalue weighted by Gasteiger charge is 2.22. The lowest BCUT2D eigenvalue weighted by molar-refractivity contribution is 0.0743. The zero-order valence-electron chi connectivity index (χ0n) is 10.9. The van der Waals surface area contributed by atoms with Gasteiger partial charge in [0.15, 0.2) is 0 Å². The van der Waals surface area contributed by atoms with E-state index in [4.69, 9.17) is 4.74 Å². The van der Waals surface area contributed by atoms with Crippen molar-refractivity contribution in [2.24, 2.45) is 0 Å². The van der Waals surface area contributed by atoms with Gasteiger partial charge in [0.2, 0.25) is 0 Å². The van der Waals surface area contributed by atoms with Crippen LogP contribution >= 0.6 is 0 Å². The molecule has 0 aromatic heterocycles. The summed E-state index contributed by atoms with van der Waals surface area (Å²) in [6.07, 6.45) is 0. The first-order valence-corrected chi connectivity index (χ1v) is 6.49. The quantitative estimate of drug-likeness (QED) is 0.840. The molecule has 1 heterocycles. The third kappa shape index (κ3) is 2.50. The van der Waals surface area contributed by atoms with Crippen LogP contribution in [0, 0.1) is 5.82 Å². The molecule has 1 aliphatic heterocycles. The molecule has 2 aromatic carbocycles. The Bertz CT molecular complexity index is 625. The number of hydrogen-bond acceptors (Lipinski definition) is 2. The van der Waals surface area contributed by atoms with E-state index in [1.54, 1.807) is 29.2 Å². The Kier molecular flexibility index (Phi) is 3.37. The number of carbonyl (C=O) groups is 1. The van der Waals surface area contributed by atoms with Gasteiger partial charge >= 0.3 is 0 Å². The van der Waals surface area contributed by atoms with Crippen molar-refractivity contribution >= 4 is 5.91 Å². The SMILES string of the molecule is O=C1c2ccccc2OCCN1Cc1ccc(F)cc1. The average Bonchev–Trinajstić information content (AvgIpc) is 2.62. The van der Waals surface area contributed by atoms with E-state index in [1.165, 1.54) is 12.1 Å². The number of rotatable bonds is 2. The summed E-state index contributed by atoms with van der Waals surface area (Å²) in [7, 11) is 0. The molecule has 1 amide bonds. The van der Waals surface area contributed by atoms with Crippen molar-refractivity contribution in [3.05, 3.63) is 65.5 Å². The number of halogens is 1. The van der Waals surface area contributed by atoms with Gasteiger partial charge in [0.05, 0.1) is 12.1 Å². The third-order valence-corrected chi connectivity index (χ3v) is 3.31. The second kappa shape index (κ2) is 5.33. The lowest BCUT2D eigenvalue weighted by Crippen LogP contribution is -2.31. The summed E-state index contributed by atoms with van der Waals surface area (Å²) in [4.78, 5) is 14.2. The van der Waals surface area contributed by atoms with Gasteiger partial charge < -0.3 is 9.64 Å². The molecule has 0 N–H and O–H groups in total. The molecular weight excluding hydrogens is 257 g/mol. The molecule has 0 atom stereocenters. The monoisotopic (exact) mass is 271 g/mol. The number of ether oxygens (including phenoxy) is 1. The number of para-hydroxylation sites is 1. The van der Waals surface area contributed by atoms with Gasteiger partial charge in [0.25, 0.3) is 5.91 Å². The van der Waals surface area contributed by atoms with Gasteiger partial charge in [0, 0.05) is 6.54 Å². The summed E-state index contributed by atoms with van der Waals surface area (Å²) in [6.45, 7) is 1.44. The highest BCUT2D eigenvalue weighted by Crippen LogP contribution is 2.23. The maximum absolute atomic E-state index is 12.9. The van der Waals surface area contributed by atoms with Crippen molar-refractivity contribution in [3.8, 4) is 5.75 Å². The summed E-state index contributed by atoms with van der Waals surface area (Å²) in [5, 5.41) is 0. The van der Waals surface area contributed by atoms with Gasteiger partial charge in [-0.05, 0) is 29.8 Å². The Morgan fingerprint density at radius 1 is 1.10 bits per heavy atom. The van der Waals surface area contributed by atoms with Gasteiger partial charge in [-0.1, -0.05) is 24.3 Å². The van der Waals surface area contributed by atoms with E-state index in [1.807, 2.05) is 12.1 Å². The molecule has 0 spiro atoms. The van der Waals surface area contributed by atoms with Crippen LogP contribution in [-0.2, 0) is 6.54 Å². The van der Waals surface area contributed by atoms with Crippen LogP contribution in [0.4, 0.5) is 4.39 Å². The normalized spacial score (nSPS) is 14.4. The number of amides is 1. The van der Waals surface area contributed by atoms with Crippen LogP contribution in [0.5, 0.6) is 5.75 Å². The lowest BCUT2D eigenvalue weighted by atomic mass is 10.1. The van der Waals surface area contributed by atoms with Gasteiger partial charge in [-0.2, -0.15) is 0 Å². The highest BCUT2D eigenvalue weighted by molar-refractivity contribution is 5.97. The summed E-state index contributed by atoms with van der Waals surface area (Å²) in [6, 6.07) is 13.4. The molecule has 0 saturated carbocycles. The zero-order chi connectivity index (χ0) is 13.9. The Morgan fingerprint density at radius 3 is 2.65 bits per heavy atom. The highest BCUT2D eigenvalue weighted by atomic mass is 19.1. The molecule has 102 valence electrons. The summed E-state index contributed by atoms with van der Waals surface area (Å²) >= 11 is 0. The van der Waals surface area contributed by atoms with Crippen LogP contribution in [0.15, 0.2) is 48.5 Å². The number of benzene rings is 2. The summed E-state index contributed by atoms with van der Waals surface area (Å²) < 4.78 is 18.5. The van der Waals surface area contributed by atoms with Crippen LogP contribution < -0.4 is 4.74 Å². The fourth-order valence-electron chi connectivity index (χ4n) is 2.27. The molecule has 0 radical (unpaired) electrons. The van der Waals surface area contributed by atoms with Gasteiger partial charge in [0.1, 0.15) is 18.2 Å². The number of nitrogens with zero attached hydrogens (tertiary/aromatic N) is 1. The molecule has 0 unspecified atom stereocenters. The maximum Gasteiger partial charge on any atom is 0.258 e. The topological polar surface area (TPSA) is 29.5 Å². The Labute approximate surface area is 116 Å². The molecule has 3 nitrogen and oxygen atoms in total. The molecule has 3 rings (SSSR count). The van der Waals surface area contributed by atoms with E-state index in [9.17, 15) is 9.18 Å². The molecule has 1 aliphatic rings. The molecule has 0 fully saturated rings. The van der Waals surface area contributed by atoms with Crippen molar-refractivity contribution < 1.29 is 13.9 Å². The summed E-state index contributed by atoms with van der Waals surface area (Å²) in [5.41, 5.74) is 1.48. The van der Waals surface area contributed by atoms with E-state index in [-0.39, 0.29) is 11.7 Å². The first-order valence-electron chi connectivity index (χ1n) is 6.49. The van der Waals surface area contributed by atoms with Crippen molar-refractivity contribution in [1.82, 2.24) is 4.90 Å². The van der Waals surface area contributed by atoms with Gasteiger partial charge in [-0.15, -0.1) is 0 Å². The number of fused-ring (bicyclic) bond motifs is 1. The van der Waals surface area contributed by atoms with Crippen molar-refractivity contribution in [2.75, 3.05) is 13.2 Å². The first kappa shape index (κ1) is 12.7. The maximum atomic E-state index is 12.9. The van der Waals surface area contributed by atoms with E-state index in [0.717, 1.165) is 5.56 Å². The van der Waals surface area contributed by atoms with Gasteiger partial charge in [-0.25, -0.2) is 4.39 Å². The van der Waals surface area contributed by atoms with Crippen LogP contribution in [0.3, 0.4) is 0 Å². The van der Waals surface area contributed by atoms with Crippen molar-refractivity contribution in [1.29, 1.82) is 0 Å². The molecule has 2 aromatic rings. The molecule has 0 bridgehead atoms. The largest absolute Gasteiger partial charge is 0.491 e. The fraction of sp³-hybridized carbons (Fsp3) is 0.188. The van der Waals surface area contributed by atoms with E-state index in [2.05, 4.69) is 0 Å². The lowest BCUT2D eigenvalue weighted by Gasteiger charge is -2.19. The van der Waals surface area contributed by atoms with E-state index in [0.29, 0.717) is 31.0 Å². The number of hydrogen-bond donors (Lipinski definition) is 0. The average molecular weight is 271 g/mol. The predicted molar refractivity (Wildman–Crippen MR) is 73.1 cm³/mol. The minimum atomic E-state index is -0.273. The zero-order valence-corrected chi connectivity index (χ0v) is 10.9. The van der Waals surface area contributed by atoms with Crippen molar-refractivity contribution in [3.63, 3.8) is 0 Å². The Balaban J connectivity index is 1.84. The van der Waals surface area contributed by atoms with Crippen LogP contribution in [-0.4, -0.2) is 24.0 Å². The van der Waals surface area contributed by atoms with E-state index < -0.39 is 0 Å². The van der Waals surface area contributed by atoms with Crippen LogP contribution in [0.1, 0.15) is 15.9 Å². The molecule has 4 heteroatoms. The Morgan fingerprint density at radius 2 is 1.85 bits per heavy atom. The predicted octanol–water partition coefficient (Wildman–Crippen LogP) is 2.86. The molecule has 0 aliphatic carbocycles. The molecular formula is C16H14FNO2. The third-order valence-electron chi connectivity index (χ3n) is 3.31. The standard InChI is InChI=1S/C16H14FNO2/c17-13-7-5-12(6-8-13)11-18-9-10-20-15-4-2-1-3-14(15)16(18)19/h1-8H,9-11H2. The summed E-state index contributed by atoms with van der Waals surface area (Å²) in [5.74, 6) is 0.297.